The van der Waals surface area contributed by atoms with E-state index in [1.54, 1.807) is 0 Å². The molecule has 1 aromatic carbocycles. The molecule has 1 N–H and O–H groups in total. The summed E-state index contributed by atoms with van der Waals surface area (Å²) in [5.41, 5.74) is 3.39. The van der Waals surface area contributed by atoms with Crippen molar-refractivity contribution in [1.82, 2.24) is 14.9 Å². The van der Waals surface area contributed by atoms with Gasteiger partial charge in [0.1, 0.15) is 11.4 Å². The van der Waals surface area contributed by atoms with Crippen molar-refractivity contribution in [1.29, 1.82) is 0 Å². The van der Waals surface area contributed by atoms with Crippen LogP contribution in [-0.2, 0) is 23.1 Å². The van der Waals surface area contributed by atoms with Crippen molar-refractivity contribution in [2.24, 2.45) is 0 Å². The van der Waals surface area contributed by atoms with E-state index in [1.165, 1.54) is 6.07 Å². The molecule has 0 radical (unpaired) electrons. The molecule has 1 aliphatic heterocycles. The van der Waals surface area contributed by atoms with Crippen molar-refractivity contribution >= 4 is 16.9 Å². The molecular formula is C24H25N3O4. The van der Waals surface area contributed by atoms with Crippen LogP contribution in [0.15, 0.2) is 38.3 Å². The third-order valence-electron chi connectivity index (χ3n) is 6.89. The molecule has 7 heteroatoms. The molecule has 31 heavy (non-hydrogen) atoms. The lowest BCUT2D eigenvalue weighted by molar-refractivity contribution is -0.132. The molecule has 1 aliphatic carbocycles. The van der Waals surface area contributed by atoms with Gasteiger partial charge in [0.2, 0.25) is 5.91 Å². The number of carbonyl (C=O) groups excluding carboxylic acids is 1. The van der Waals surface area contributed by atoms with Crippen LogP contribution in [0.3, 0.4) is 0 Å². The van der Waals surface area contributed by atoms with Gasteiger partial charge in [0.05, 0.1) is 12.1 Å². The van der Waals surface area contributed by atoms with Crippen LogP contribution in [-0.4, -0.2) is 33.9 Å². The average molecular weight is 419 g/mol. The number of aryl methyl sites for hydroxylation is 2. The Kier molecular flexibility index (Phi) is 4.57. The van der Waals surface area contributed by atoms with Crippen molar-refractivity contribution in [2.45, 2.75) is 51.4 Å². The van der Waals surface area contributed by atoms with Crippen LogP contribution in [0.1, 0.15) is 47.5 Å². The largest absolute Gasteiger partial charge is 0.423 e. The molecule has 3 heterocycles. The maximum absolute atomic E-state index is 13.1. The number of likely N-dealkylation sites (tertiary alicyclic amines) is 1. The van der Waals surface area contributed by atoms with E-state index in [9.17, 15) is 14.4 Å². The van der Waals surface area contributed by atoms with Crippen molar-refractivity contribution in [3.05, 3.63) is 73.2 Å². The highest BCUT2D eigenvalue weighted by molar-refractivity contribution is 5.87. The van der Waals surface area contributed by atoms with E-state index in [4.69, 9.17) is 4.42 Å². The number of aromatic amines is 1. The Morgan fingerprint density at radius 1 is 1.16 bits per heavy atom. The molecule has 1 spiro atoms. The third-order valence-corrected chi connectivity index (χ3v) is 6.89. The minimum atomic E-state index is -0.437. The zero-order valence-corrected chi connectivity index (χ0v) is 17.8. The average Bonchev–Trinajstić information content (AvgIpc) is 3.06. The zero-order valence-electron chi connectivity index (χ0n) is 17.8. The number of hydrogen-bond donors (Lipinski definition) is 1. The van der Waals surface area contributed by atoms with E-state index in [0.29, 0.717) is 30.1 Å². The molecular weight excluding hydrogens is 394 g/mol. The molecule has 0 atom stereocenters. The molecule has 1 fully saturated rings. The Balaban J connectivity index is 1.35. The van der Waals surface area contributed by atoms with Crippen LogP contribution in [0, 0.1) is 13.8 Å². The fourth-order valence-corrected chi connectivity index (χ4v) is 5.19. The lowest BCUT2D eigenvalue weighted by atomic mass is 9.76. The second-order valence-corrected chi connectivity index (χ2v) is 8.91. The Hall–Kier alpha value is -3.22. The number of nitrogens with zero attached hydrogens (tertiary/aromatic N) is 2. The van der Waals surface area contributed by atoms with Crippen LogP contribution in [0.4, 0.5) is 0 Å². The van der Waals surface area contributed by atoms with E-state index in [0.717, 1.165) is 47.9 Å². The van der Waals surface area contributed by atoms with Gasteiger partial charge in [0.25, 0.3) is 5.56 Å². The first-order valence-corrected chi connectivity index (χ1v) is 10.8. The van der Waals surface area contributed by atoms with Crippen LogP contribution in [0.5, 0.6) is 0 Å². The highest BCUT2D eigenvalue weighted by Crippen LogP contribution is 2.44. The van der Waals surface area contributed by atoms with Gasteiger partial charge >= 0.3 is 5.63 Å². The summed E-state index contributed by atoms with van der Waals surface area (Å²) < 4.78 is 5.31. The van der Waals surface area contributed by atoms with Gasteiger partial charge in [0, 0.05) is 35.5 Å². The molecule has 160 valence electrons. The predicted octanol–water partition coefficient (Wildman–Crippen LogP) is 2.54. The first-order valence-electron chi connectivity index (χ1n) is 10.8. The highest BCUT2D eigenvalue weighted by Gasteiger charge is 2.44. The van der Waals surface area contributed by atoms with E-state index in [1.807, 2.05) is 36.9 Å². The third kappa shape index (κ3) is 3.38. The Bertz CT molecular complexity index is 1310. The van der Waals surface area contributed by atoms with Gasteiger partial charge in [-0.05, 0) is 56.7 Å². The summed E-state index contributed by atoms with van der Waals surface area (Å²) in [7, 11) is 0. The summed E-state index contributed by atoms with van der Waals surface area (Å²) >= 11 is 0. The van der Waals surface area contributed by atoms with Crippen molar-refractivity contribution < 1.29 is 9.21 Å². The molecule has 3 aromatic rings. The summed E-state index contributed by atoms with van der Waals surface area (Å²) in [5.74, 6) is 0.657. The first kappa shape index (κ1) is 19.7. The van der Waals surface area contributed by atoms with Crippen LogP contribution < -0.4 is 11.2 Å². The van der Waals surface area contributed by atoms with Gasteiger partial charge in [0.15, 0.2) is 0 Å². The van der Waals surface area contributed by atoms with Crippen molar-refractivity contribution in [3.8, 4) is 0 Å². The molecule has 2 aliphatic rings. The topological polar surface area (TPSA) is 96.3 Å². The van der Waals surface area contributed by atoms with Gasteiger partial charge in [-0.2, -0.15) is 0 Å². The monoisotopic (exact) mass is 419 g/mol. The van der Waals surface area contributed by atoms with Crippen LogP contribution in [0.2, 0.25) is 0 Å². The zero-order chi connectivity index (χ0) is 21.8. The first-order chi connectivity index (χ1) is 14.8. The second-order valence-electron chi connectivity index (χ2n) is 8.91. The normalized spacial score (nSPS) is 17.3. The van der Waals surface area contributed by atoms with Gasteiger partial charge < -0.3 is 14.3 Å². The number of nitrogens with one attached hydrogen (secondary N) is 1. The quantitative estimate of drug-likeness (QED) is 0.644. The van der Waals surface area contributed by atoms with Crippen LogP contribution in [0.25, 0.3) is 11.0 Å². The lowest BCUT2D eigenvalue weighted by Gasteiger charge is -2.39. The maximum Gasteiger partial charge on any atom is 0.336 e. The Morgan fingerprint density at radius 3 is 2.71 bits per heavy atom. The van der Waals surface area contributed by atoms with E-state index in [-0.39, 0.29) is 23.3 Å². The van der Waals surface area contributed by atoms with Crippen LogP contribution >= 0.6 is 0 Å². The Morgan fingerprint density at radius 2 is 1.94 bits per heavy atom. The van der Waals surface area contributed by atoms with Gasteiger partial charge in [-0.25, -0.2) is 9.78 Å². The second kappa shape index (κ2) is 7.18. The fraction of sp³-hybridized carbons (Fsp3) is 0.417. The van der Waals surface area contributed by atoms with Gasteiger partial charge in [-0.3, -0.25) is 9.59 Å². The smallest absolute Gasteiger partial charge is 0.336 e. The number of amides is 1. The number of H-pyrrole nitrogens is 1. The van der Waals surface area contributed by atoms with Crippen molar-refractivity contribution in [3.63, 3.8) is 0 Å². The maximum atomic E-state index is 13.1. The minimum Gasteiger partial charge on any atom is -0.423 e. The number of benzene rings is 1. The van der Waals surface area contributed by atoms with Gasteiger partial charge in [-0.15, -0.1) is 0 Å². The SMILES string of the molecule is Cc1ccc2c(CC(=O)N3CCC4(CCc5c4nc(C)[nH]c5=O)CC3)cc(=O)oc2c1. The molecule has 7 nitrogen and oxygen atoms in total. The summed E-state index contributed by atoms with van der Waals surface area (Å²) in [6, 6.07) is 7.11. The lowest BCUT2D eigenvalue weighted by Crippen LogP contribution is -2.45. The fourth-order valence-electron chi connectivity index (χ4n) is 5.19. The van der Waals surface area contributed by atoms with E-state index >= 15 is 0 Å². The molecule has 2 aromatic heterocycles. The van der Waals surface area contributed by atoms with Gasteiger partial charge in [-0.1, -0.05) is 12.1 Å². The molecule has 1 saturated heterocycles. The summed E-state index contributed by atoms with van der Waals surface area (Å²) in [5, 5.41) is 0.802. The molecule has 1 amide bonds. The number of rotatable bonds is 2. The molecule has 0 saturated carbocycles. The molecule has 0 bridgehead atoms. The summed E-state index contributed by atoms with van der Waals surface area (Å²) in [4.78, 5) is 46.7. The van der Waals surface area contributed by atoms with Crippen molar-refractivity contribution in [2.75, 3.05) is 13.1 Å². The predicted molar refractivity (Wildman–Crippen MR) is 116 cm³/mol. The Labute approximate surface area is 179 Å². The number of aromatic nitrogens is 2. The minimum absolute atomic E-state index is 0.00981. The van der Waals surface area contributed by atoms with E-state index < -0.39 is 5.63 Å². The standard InChI is InChI=1S/C24H25N3O4/c1-14-3-4-17-16(13-21(29)31-19(17)11-14)12-20(28)27-9-7-24(8-10-27)6-5-18-22(24)25-15(2)26-23(18)30/h3-4,11,13H,5-10,12H2,1-2H3,(H,25,26,30). The summed E-state index contributed by atoms with van der Waals surface area (Å²) in [6.45, 7) is 5.01. The van der Waals surface area contributed by atoms with E-state index in [2.05, 4.69) is 9.97 Å². The number of piperidine rings is 1. The molecule has 0 unspecified atom stereocenters. The molecule has 5 rings (SSSR count). The number of carbonyl (C=O) groups is 1. The number of fused-ring (bicyclic) bond motifs is 3. The highest BCUT2D eigenvalue weighted by atomic mass is 16.4. The number of hydrogen-bond acceptors (Lipinski definition) is 5. The summed E-state index contributed by atoms with van der Waals surface area (Å²) in [6.07, 6.45) is 3.44.